The molecule has 4 aromatic rings. The Morgan fingerprint density at radius 3 is 2.60 bits per heavy atom. The van der Waals surface area contributed by atoms with Gasteiger partial charge in [-0.3, -0.25) is 4.79 Å². The van der Waals surface area contributed by atoms with Crippen LogP contribution in [0.25, 0.3) is 31.6 Å². The number of para-hydroxylation sites is 2. The van der Waals surface area contributed by atoms with Crippen molar-refractivity contribution in [3.05, 3.63) is 40.4 Å². The van der Waals surface area contributed by atoms with Crippen molar-refractivity contribution in [1.29, 1.82) is 0 Å². The van der Waals surface area contributed by atoms with Crippen molar-refractivity contribution >= 4 is 54.5 Å². The van der Waals surface area contributed by atoms with Gasteiger partial charge in [-0.1, -0.05) is 12.1 Å². The van der Waals surface area contributed by atoms with Gasteiger partial charge in [0.2, 0.25) is 0 Å². The summed E-state index contributed by atoms with van der Waals surface area (Å²) in [6, 6.07) is 7.60. The molecule has 20 heavy (non-hydrogen) atoms. The van der Waals surface area contributed by atoms with Crippen LogP contribution in [-0.2, 0) is 5.88 Å². The first-order chi connectivity index (χ1) is 9.76. The number of nitrogens with zero attached hydrogens (tertiary/aromatic N) is 3. The number of alkyl halides is 1. The van der Waals surface area contributed by atoms with Gasteiger partial charge in [-0.25, -0.2) is 15.0 Å². The second-order valence-corrected chi connectivity index (χ2v) is 5.56. The minimum atomic E-state index is -0.195. The van der Waals surface area contributed by atoms with Crippen LogP contribution >= 0.6 is 22.9 Å². The van der Waals surface area contributed by atoms with Crippen LogP contribution in [0.4, 0.5) is 0 Å². The maximum atomic E-state index is 12.0. The molecule has 0 saturated heterocycles. The fourth-order valence-electron chi connectivity index (χ4n) is 2.13. The molecule has 0 unspecified atom stereocenters. The predicted octanol–water partition coefficient (Wildman–Crippen LogP) is 2.82. The Morgan fingerprint density at radius 1 is 1.10 bits per heavy atom. The van der Waals surface area contributed by atoms with Gasteiger partial charge < -0.3 is 4.98 Å². The molecule has 0 bridgehead atoms. The number of H-pyrrole nitrogens is 1. The topological polar surface area (TPSA) is 71.5 Å². The van der Waals surface area contributed by atoms with Crippen LogP contribution < -0.4 is 5.56 Å². The molecule has 0 saturated carbocycles. The van der Waals surface area contributed by atoms with Crippen LogP contribution in [0.1, 0.15) is 5.82 Å². The minimum Gasteiger partial charge on any atom is -0.308 e. The zero-order chi connectivity index (χ0) is 13.7. The van der Waals surface area contributed by atoms with E-state index in [2.05, 4.69) is 19.9 Å². The molecule has 3 aromatic heterocycles. The first-order valence-corrected chi connectivity index (χ1v) is 7.25. The van der Waals surface area contributed by atoms with E-state index in [1.54, 1.807) is 0 Å². The first-order valence-electron chi connectivity index (χ1n) is 5.90. The Hall–Kier alpha value is -2.05. The van der Waals surface area contributed by atoms with E-state index in [-0.39, 0.29) is 11.4 Å². The molecular weight excluding hydrogens is 296 g/mol. The highest BCUT2D eigenvalue weighted by molar-refractivity contribution is 7.25. The van der Waals surface area contributed by atoms with Gasteiger partial charge in [0.15, 0.2) is 0 Å². The smallest absolute Gasteiger partial charge is 0.269 e. The number of hydrogen-bond donors (Lipinski definition) is 1. The normalized spacial score (nSPS) is 11.7. The molecule has 0 atom stereocenters. The van der Waals surface area contributed by atoms with Crippen LogP contribution in [-0.4, -0.2) is 19.9 Å². The average Bonchev–Trinajstić information content (AvgIpc) is 2.83. The Labute approximate surface area is 121 Å². The van der Waals surface area contributed by atoms with Crippen LogP contribution in [0.2, 0.25) is 0 Å². The van der Waals surface area contributed by atoms with Crippen molar-refractivity contribution in [1.82, 2.24) is 19.9 Å². The summed E-state index contributed by atoms with van der Waals surface area (Å²) in [6.45, 7) is 0. The number of aromatic amines is 1. The van der Waals surface area contributed by atoms with E-state index in [0.29, 0.717) is 26.4 Å². The molecule has 7 heteroatoms. The van der Waals surface area contributed by atoms with Crippen molar-refractivity contribution in [2.45, 2.75) is 5.88 Å². The number of hydrogen-bond acceptors (Lipinski definition) is 5. The Balaban J connectivity index is 2.23. The molecular formula is C13H7ClN4OS. The number of thiophene rings is 1. The van der Waals surface area contributed by atoms with Gasteiger partial charge in [-0.15, -0.1) is 22.9 Å². The summed E-state index contributed by atoms with van der Waals surface area (Å²) in [6.07, 6.45) is 0. The fraction of sp³-hybridized carbons (Fsp3) is 0.0769. The number of rotatable bonds is 1. The third-order valence-electron chi connectivity index (χ3n) is 3.01. The number of nitrogens with one attached hydrogen (secondary N) is 1. The van der Waals surface area contributed by atoms with Crippen molar-refractivity contribution in [3.8, 4) is 0 Å². The quantitative estimate of drug-likeness (QED) is 0.549. The van der Waals surface area contributed by atoms with E-state index >= 15 is 0 Å². The third kappa shape index (κ3) is 1.62. The van der Waals surface area contributed by atoms with Gasteiger partial charge in [-0.2, -0.15) is 0 Å². The van der Waals surface area contributed by atoms with E-state index in [1.165, 1.54) is 11.3 Å². The Morgan fingerprint density at radius 2 is 1.85 bits per heavy atom. The Bertz CT molecular complexity index is 1020. The lowest BCUT2D eigenvalue weighted by Gasteiger charge is -1.97. The highest BCUT2D eigenvalue weighted by Gasteiger charge is 2.14. The lowest BCUT2D eigenvalue weighted by atomic mass is 10.3. The van der Waals surface area contributed by atoms with E-state index in [0.717, 1.165) is 11.0 Å². The van der Waals surface area contributed by atoms with Crippen LogP contribution in [0, 0.1) is 0 Å². The lowest BCUT2D eigenvalue weighted by Crippen LogP contribution is -2.09. The van der Waals surface area contributed by atoms with E-state index in [1.807, 2.05) is 24.3 Å². The second-order valence-electron chi connectivity index (χ2n) is 4.29. The summed E-state index contributed by atoms with van der Waals surface area (Å²) in [5.41, 5.74) is 2.62. The third-order valence-corrected chi connectivity index (χ3v) is 4.33. The van der Waals surface area contributed by atoms with Gasteiger partial charge in [0.05, 0.1) is 16.9 Å². The molecule has 4 rings (SSSR count). The molecule has 0 fully saturated rings. The van der Waals surface area contributed by atoms with E-state index in [4.69, 9.17) is 11.6 Å². The SMILES string of the molecule is O=c1[nH]c(CCl)nc2c1sc1nc3ccccc3nc12. The summed E-state index contributed by atoms with van der Waals surface area (Å²) in [5, 5.41) is 0. The fourth-order valence-corrected chi connectivity index (χ4v) is 3.22. The van der Waals surface area contributed by atoms with Gasteiger partial charge in [0, 0.05) is 0 Å². The molecule has 98 valence electrons. The monoisotopic (exact) mass is 302 g/mol. The second kappa shape index (κ2) is 4.22. The average molecular weight is 303 g/mol. The molecule has 0 aliphatic heterocycles. The number of aromatic nitrogens is 4. The van der Waals surface area contributed by atoms with Crippen molar-refractivity contribution < 1.29 is 0 Å². The molecule has 0 aliphatic carbocycles. The molecule has 3 heterocycles. The predicted molar refractivity (Wildman–Crippen MR) is 80.4 cm³/mol. The number of fused-ring (bicyclic) bond motifs is 4. The van der Waals surface area contributed by atoms with Gasteiger partial charge in [0.1, 0.15) is 26.4 Å². The Kier molecular flexibility index (Phi) is 2.48. The van der Waals surface area contributed by atoms with Gasteiger partial charge >= 0.3 is 0 Å². The molecule has 5 nitrogen and oxygen atoms in total. The van der Waals surface area contributed by atoms with Gasteiger partial charge in [-0.05, 0) is 12.1 Å². The minimum absolute atomic E-state index is 0.156. The maximum Gasteiger partial charge on any atom is 0.269 e. The van der Waals surface area contributed by atoms with Crippen molar-refractivity contribution in [2.75, 3.05) is 0 Å². The maximum absolute atomic E-state index is 12.0. The number of benzene rings is 1. The molecule has 1 N–H and O–H groups in total. The number of halogens is 1. The standard InChI is InChI=1S/C13H7ClN4OS/c14-5-8-17-9-10-13(20-11(9)12(19)18-8)16-7-4-2-1-3-6(7)15-10/h1-4H,5H2,(H,17,18,19). The largest absolute Gasteiger partial charge is 0.308 e. The van der Waals surface area contributed by atoms with Crippen LogP contribution in [0.5, 0.6) is 0 Å². The van der Waals surface area contributed by atoms with Crippen molar-refractivity contribution in [2.24, 2.45) is 0 Å². The highest BCUT2D eigenvalue weighted by atomic mass is 35.5. The van der Waals surface area contributed by atoms with Crippen molar-refractivity contribution in [3.63, 3.8) is 0 Å². The summed E-state index contributed by atoms with van der Waals surface area (Å²) in [4.78, 5) is 28.9. The highest BCUT2D eigenvalue weighted by Crippen LogP contribution is 2.29. The van der Waals surface area contributed by atoms with E-state index < -0.39 is 0 Å². The zero-order valence-electron chi connectivity index (χ0n) is 10.1. The first kappa shape index (κ1) is 11.7. The van der Waals surface area contributed by atoms with Crippen LogP contribution in [0.3, 0.4) is 0 Å². The molecule has 0 aliphatic rings. The van der Waals surface area contributed by atoms with Crippen LogP contribution in [0.15, 0.2) is 29.1 Å². The van der Waals surface area contributed by atoms with E-state index in [9.17, 15) is 4.79 Å². The molecule has 1 aromatic carbocycles. The summed E-state index contributed by atoms with van der Waals surface area (Å²) in [7, 11) is 0. The summed E-state index contributed by atoms with van der Waals surface area (Å²) in [5.74, 6) is 0.600. The summed E-state index contributed by atoms with van der Waals surface area (Å²) >= 11 is 7.05. The summed E-state index contributed by atoms with van der Waals surface area (Å²) < 4.78 is 0.532. The lowest BCUT2D eigenvalue weighted by molar-refractivity contribution is 1.04. The zero-order valence-corrected chi connectivity index (χ0v) is 11.6. The van der Waals surface area contributed by atoms with Gasteiger partial charge in [0.25, 0.3) is 5.56 Å². The molecule has 0 radical (unpaired) electrons. The molecule has 0 amide bonds. The molecule has 0 spiro atoms.